The number of hydrogen-bond acceptors (Lipinski definition) is 3. The van der Waals surface area contributed by atoms with E-state index in [2.05, 4.69) is 10.2 Å². The highest BCUT2D eigenvalue weighted by Crippen LogP contribution is 2.58. The molecule has 1 N–H and O–H groups in total. The average Bonchev–Trinajstić information content (AvgIpc) is 2.93. The summed E-state index contributed by atoms with van der Waals surface area (Å²) in [4.78, 5) is 2.81. The number of rotatable bonds is 1. The Kier molecular flexibility index (Phi) is 1.77. The smallest absolute Gasteiger partial charge is 0.0629 e. The minimum Gasteiger partial charge on any atom is -0.379 e. The number of hydrogen-bond donors (Lipinski definition) is 1. The zero-order valence-corrected chi connectivity index (χ0v) is 9.24. The van der Waals surface area contributed by atoms with Gasteiger partial charge in [-0.05, 0) is 25.8 Å². The molecule has 3 saturated heterocycles. The molecular formula is C12H20N2O. The summed E-state index contributed by atoms with van der Waals surface area (Å²) in [6.45, 7) is 4.49. The highest BCUT2D eigenvalue weighted by Gasteiger charge is 2.66. The van der Waals surface area contributed by atoms with E-state index in [-0.39, 0.29) is 0 Å². The van der Waals surface area contributed by atoms with Gasteiger partial charge in [0.2, 0.25) is 0 Å². The molecule has 1 saturated carbocycles. The van der Waals surface area contributed by atoms with E-state index in [1.807, 2.05) is 0 Å². The SMILES string of the molecule is C1CC2N([C@@H]3CCNC3)C3COCC23C1. The number of nitrogens with one attached hydrogen (secondary N) is 1. The normalized spacial score (nSPS) is 54.0. The first-order valence-electron chi connectivity index (χ1n) is 6.48. The first-order valence-corrected chi connectivity index (χ1v) is 6.48. The van der Waals surface area contributed by atoms with E-state index in [1.54, 1.807) is 0 Å². The Hall–Kier alpha value is -0.120. The molecule has 0 aromatic rings. The Labute approximate surface area is 91.2 Å². The van der Waals surface area contributed by atoms with Gasteiger partial charge >= 0.3 is 0 Å². The lowest BCUT2D eigenvalue weighted by Crippen LogP contribution is -2.71. The zero-order chi connectivity index (χ0) is 9.88. The van der Waals surface area contributed by atoms with Gasteiger partial charge in [0.25, 0.3) is 0 Å². The summed E-state index contributed by atoms with van der Waals surface area (Å²) in [5.74, 6) is 0. The van der Waals surface area contributed by atoms with Crippen molar-refractivity contribution in [2.75, 3.05) is 26.3 Å². The van der Waals surface area contributed by atoms with Crippen LogP contribution in [-0.2, 0) is 4.74 Å². The second-order valence-corrected chi connectivity index (χ2v) is 5.77. The lowest BCUT2D eigenvalue weighted by molar-refractivity contribution is -0.110. The summed E-state index contributed by atoms with van der Waals surface area (Å²) in [6, 6.07) is 2.46. The lowest BCUT2D eigenvalue weighted by Gasteiger charge is -2.59. The highest BCUT2D eigenvalue weighted by molar-refractivity contribution is 5.18. The summed E-state index contributed by atoms with van der Waals surface area (Å²) >= 11 is 0. The maximum atomic E-state index is 5.76. The van der Waals surface area contributed by atoms with Gasteiger partial charge in [0.1, 0.15) is 0 Å². The van der Waals surface area contributed by atoms with Crippen LogP contribution in [0.3, 0.4) is 0 Å². The van der Waals surface area contributed by atoms with Crippen molar-refractivity contribution < 1.29 is 4.74 Å². The third-order valence-electron chi connectivity index (χ3n) is 5.27. The van der Waals surface area contributed by atoms with E-state index in [1.165, 1.54) is 38.8 Å². The second kappa shape index (κ2) is 2.96. The van der Waals surface area contributed by atoms with Gasteiger partial charge in [-0.25, -0.2) is 0 Å². The van der Waals surface area contributed by atoms with Crippen molar-refractivity contribution >= 4 is 0 Å². The van der Waals surface area contributed by atoms with E-state index in [0.717, 1.165) is 31.3 Å². The van der Waals surface area contributed by atoms with Crippen molar-refractivity contribution in [1.29, 1.82) is 0 Å². The Morgan fingerprint density at radius 2 is 2.27 bits per heavy atom. The topological polar surface area (TPSA) is 24.5 Å². The van der Waals surface area contributed by atoms with Crippen molar-refractivity contribution in [3.05, 3.63) is 0 Å². The fourth-order valence-corrected chi connectivity index (χ4v) is 4.63. The van der Waals surface area contributed by atoms with Crippen LogP contribution in [0.2, 0.25) is 0 Å². The Morgan fingerprint density at radius 3 is 3.13 bits per heavy atom. The molecule has 15 heavy (non-hydrogen) atoms. The third-order valence-corrected chi connectivity index (χ3v) is 5.27. The van der Waals surface area contributed by atoms with Crippen molar-refractivity contribution in [3.63, 3.8) is 0 Å². The molecule has 0 bridgehead atoms. The minimum absolute atomic E-state index is 0.600. The summed E-state index contributed by atoms with van der Waals surface area (Å²) in [5, 5.41) is 3.50. The van der Waals surface area contributed by atoms with Crippen LogP contribution in [0.15, 0.2) is 0 Å². The van der Waals surface area contributed by atoms with Gasteiger partial charge in [0.05, 0.1) is 13.2 Å². The molecule has 3 heterocycles. The van der Waals surface area contributed by atoms with E-state index in [9.17, 15) is 0 Å². The molecule has 4 aliphatic rings. The quantitative estimate of drug-likeness (QED) is 0.683. The monoisotopic (exact) mass is 208 g/mol. The molecule has 3 nitrogen and oxygen atoms in total. The molecule has 3 unspecified atom stereocenters. The Bertz CT molecular complexity index is 255. The molecule has 0 aromatic heterocycles. The number of nitrogens with zero attached hydrogens (tertiary/aromatic N) is 1. The minimum atomic E-state index is 0.600. The van der Waals surface area contributed by atoms with Crippen LogP contribution in [0, 0.1) is 5.41 Å². The van der Waals surface area contributed by atoms with Crippen LogP contribution in [0.25, 0.3) is 0 Å². The molecule has 0 amide bonds. The van der Waals surface area contributed by atoms with E-state index in [4.69, 9.17) is 4.74 Å². The van der Waals surface area contributed by atoms with Gasteiger partial charge in [0, 0.05) is 30.1 Å². The molecule has 1 aliphatic carbocycles. The Balaban J connectivity index is 1.61. The van der Waals surface area contributed by atoms with Gasteiger partial charge in [0.15, 0.2) is 0 Å². The van der Waals surface area contributed by atoms with Crippen LogP contribution in [0.1, 0.15) is 25.7 Å². The van der Waals surface area contributed by atoms with Crippen LogP contribution in [-0.4, -0.2) is 49.3 Å². The standard InChI is InChI=1S/C12H20N2O/c1-2-10-12(4-1)8-15-7-11(12)14(10)9-3-5-13-6-9/h9-11,13H,1-8H2/t9-,10?,11?,12?/m1/s1. The fourth-order valence-electron chi connectivity index (χ4n) is 4.63. The predicted molar refractivity (Wildman–Crippen MR) is 57.8 cm³/mol. The van der Waals surface area contributed by atoms with E-state index >= 15 is 0 Å². The molecule has 84 valence electrons. The van der Waals surface area contributed by atoms with Crippen LogP contribution >= 0.6 is 0 Å². The van der Waals surface area contributed by atoms with Gasteiger partial charge in [-0.3, -0.25) is 4.90 Å². The molecule has 1 spiro atoms. The summed E-state index contributed by atoms with van der Waals surface area (Å²) in [6.07, 6.45) is 5.64. The van der Waals surface area contributed by atoms with Crippen molar-refractivity contribution in [3.8, 4) is 0 Å². The van der Waals surface area contributed by atoms with Gasteiger partial charge in [-0.15, -0.1) is 0 Å². The number of ether oxygens (including phenoxy) is 1. The Morgan fingerprint density at radius 1 is 1.27 bits per heavy atom. The summed E-state index contributed by atoms with van der Waals surface area (Å²) in [7, 11) is 0. The molecule has 4 fully saturated rings. The third kappa shape index (κ3) is 0.973. The first kappa shape index (κ1) is 8.97. The van der Waals surface area contributed by atoms with Crippen molar-refractivity contribution in [2.24, 2.45) is 5.41 Å². The molecule has 4 rings (SSSR count). The highest BCUT2D eigenvalue weighted by atomic mass is 16.5. The summed E-state index contributed by atoms with van der Waals surface area (Å²) in [5.41, 5.74) is 0.600. The van der Waals surface area contributed by atoms with Crippen LogP contribution in [0.4, 0.5) is 0 Å². The van der Waals surface area contributed by atoms with Gasteiger partial charge in [-0.2, -0.15) is 0 Å². The first-order chi connectivity index (χ1) is 7.42. The molecule has 0 aromatic carbocycles. The van der Waals surface area contributed by atoms with Gasteiger partial charge < -0.3 is 10.1 Å². The van der Waals surface area contributed by atoms with Crippen LogP contribution in [0.5, 0.6) is 0 Å². The second-order valence-electron chi connectivity index (χ2n) is 5.77. The van der Waals surface area contributed by atoms with Gasteiger partial charge in [-0.1, -0.05) is 6.42 Å². The fraction of sp³-hybridized carbons (Fsp3) is 1.00. The maximum absolute atomic E-state index is 5.76. The van der Waals surface area contributed by atoms with Crippen LogP contribution < -0.4 is 5.32 Å². The average molecular weight is 208 g/mol. The largest absolute Gasteiger partial charge is 0.379 e. The maximum Gasteiger partial charge on any atom is 0.0629 e. The van der Waals surface area contributed by atoms with E-state index in [0.29, 0.717) is 5.41 Å². The zero-order valence-electron chi connectivity index (χ0n) is 9.24. The van der Waals surface area contributed by atoms with Crippen molar-refractivity contribution in [1.82, 2.24) is 10.2 Å². The lowest BCUT2D eigenvalue weighted by atomic mass is 9.67. The molecule has 3 aliphatic heterocycles. The molecule has 4 atom stereocenters. The molecule has 3 heteroatoms. The predicted octanol–water partition coefficient (Wildman–Crippen LogP) is 0.602. The molecule has 0 radical (unpaired) electrons. The summed E-state index contributed by atoms with van der Waals surface area (Å²) < 4.78 is 5.76. The number of likely N-dealkylation sites (tertiary alicyclic amines) is 1. The molecular weight excluding hydrogens is 188 g/mol. The van der Waals surface area contributed by atoms with E-state index < -0.39 is 0 Å². The van der Waals surface area contributed by atoms with Crippen molar-refractivity contribution in [2.45, 2.75) is 43.8 Å².